The van der Waals surface area contributed by atoms with Gasteiger partial charge < -0.3 is 15.5 Å². The Kier molecular flexibility index (Phi) is 6.29. The van der Waals surface area contributed by atoms with Gasteiger partial charge in [0.2, 0.25) is 0 Å². The maximum Gasteiger partial charge on any atom is 0.272 e. The third kappa shape index (κ3) is 5.04. The van der Waals surface area contributed by atoms with Gasteiger partial charge in [-0.25, -0.2) is 14.5 Å². The molecule has 10 nitrogen and oxygen atoms in total. The number of hydrogen-bond donors (Lipinski definition) is 2. The molecule has 2 aliphatic rings. The molecule has 37 heavy (non-hydrogen) atoms. The molecule has 1 aliphatic heterocycles. The summed E-state index contributed by atoms with van der Waals surface area (Å²) in [6.45, 7) is 3.24. The number of thiazole rings is 1. The van der Waals surface area contributed by atoms with Crippen LogP contribution in [0.3, 0.4) is 0 Å². The van der Waals surface area contributed by atoms with Gasteiger partial charge in [-0.1, -0.05) is 0 Å². The van der Waals surface area contributed by atoms with E-state index in [0.717, 1.165) is 10.4 Å². The van der Waals surface area contributed by atoms with E-state index in [1.807, 2.05) is 16.5 Å². The van der Waals surface area contributed by atoms with Crippen molar-refractivity contribution in [2.75, 3.05) is 18.4 Å². The molecule has 0 unspecified atom stereocenters. The highest BCUT2D eigenvalue weighted by atomic mass is 32.1. The molecule has 190 valence electrons. The van der Waals surface area contributed by atoms with Crippen LogP contribution in [0.25, 0.3) is 16.2 Å². The van der Waals surface area contributed by atoms with E-state index in [4.69, 9.17) is 4.98 Å². The summed E-state index contributed by atoms with van der Waals surface area (Å²) < 4.78 is 1.79. The number of amides is 2. The van der Waals surface area contributed by atoms with E-state index in [1.54, 1.807) is 52.6 Å². The summed E-state index contributed by atoms with van der Waals surface area (Å²) in [7, 11) is 0. The summed E-state index contributed by atoms with van der Waals surface area (Å²) in [5.41, 5.74) is 1.71. The summed E-state index contributed by atoms with van der Waals surface area (Å²) in [6, 6.07) is 5.53. The molecular weight excluding hydrogens is 488 g/mol. The zero-order valence-electron chi connectivity index (χ0n) is 20.5. The molecule has 5 heterocycles. The van der Waals surface area contributed by atoms with Crippen molar-refractivity contribution in [3.05, 3.63) is 59.6 Å². The molecule has 0 radical (unpaired) electrons. The van der Waals surface area contributed by atoms with Crippen LogP contribution in [0.15, 0.2) is 48.4 Å². The third-order valence-corrected chi connectivity index (χ3v) is 7.95. The number of carbonyl (C=O) groups excluding carboxylic acids is 2. The first-order valence-corrected chi connectivity index (χ1v) is 13.5. The van der Waals surface area contributed by atoms with Crippen molar-refractivity contribution in [1.82, 2.24) is 34.8 Å². The lowest BCUT2D eigenvalue weighted by Gasteiger charge is -2.32. The van der Waals surface area contributed by atoms with Crippen molar-refractivity contribution in [3.63, 3.8) is 0 Å². The summed E-state index contributed by atoms with van der Waals surface area (Å²) in [5, 5.41) is 12.9. The van der Waals surface area contributed by atoms with Crippen LogP contribution < -0.4 is 10.6 Å². The smallest absolute Gasteiger partial charge is 0.272 e. The minimum absolute atomic E-state index is 0.00821. The van der Waals surface area contributed by atoms with Crippen molar-refractivity contribution in [2.45, 2.75) is 44.7 Å². The monoisotopic (exact) mass is 516 g/mol. The van der Waals surface area contributed by atoms with Crippen LogP contribution >= 0.6 is 11.3 Å². The van der Waals surface area contributed by atoms with Crippen LogP contribution in [-0.2, 0) is 0 Å². The predicted octanol–water partition coefficient (Wildman–Crippen LogP) is 3.49. The van der Waals surface area contributed by atoms with Gasteiger partial charge in [-0.05, 0) is 50.7 Å². The van der Waals surface area contributed by atoms with E-state index in [2.05, 4.69) is 32.6 Å². The maximum absolute atomic E-state index is 13.6. The number of nitrogens with zero attached hydrogens (tertiary/aromatic N) is 6. The van der Waals surface area contributed by atoms with Gasteiger partial charge in [-0.15, -0.1) is 11.3 Å². The summed E-state index contributed by atoms with van der Waals surface area (Å²) in [6.07, 6.45) is 10.6. The standard InChI is InChI=1S/C26H28N8O2S/c1-16(17-4-5-17)29-22-13-21(31-23(32-22)20-15-28-34-11-12-37-26(20)34)25(36)33-9-6-19(7-10-33)30-24(35)18-3-2-8-27-14-18/h2-3,8,11-17,19H,4-7,9-10H2,1H3,(H,30,35)(H,29,31,32)/t16-/m0/s1. The first-order valence-electron chi connectivity index (χ1n) is 12.6. The van der Waals surface area contributed by atoms with Crippen molar-refractivity contribution >= 4 is 33.8 Å². The van der Waals surface area contributed by atoms with Gasteiger partial charge in [-0.2, -0.15) is 5.10 Å². The molecule has 1 saturated heterocycles. The summed E-state index contributed by atoms with van der Waals surface area (Å²) >= 11 is 1.56. The summed E-state index contributed by atoms with van der Waals surface area (Å²) in [4.78, 5) is 42.3. The molecule has 11 heteroatoms. The zero-order chi connectivity index (χ0) is 25.4. The van der Waals surface area contributed by atoms with Gasteiger partial charge in [0.1, 0.15) is 16.3 Å². The molecule has 0 spiro atoms. The SMILES string of the molecule is C[C@H](Nc1cc(C(=O)N2CCC(NC(=O)c3cccnc3)CC2)nc(-c2cnn3ccsc23)n1)C1CC1. The molecule has 1 saturated carbocycles. The Morgan fingerprint density at radius 1 is 1.14 bits per heavy atom. The van der Waals surface area contributed by atoms with Crippen LogP contribution in [0.5, 0.6) is 0 Å². The van der Waals surface area contributed by atoms with Gasteiger partial charge in [0, 0.05) is 55.2 Å². The Morgan fingerprint density at radius 3 is 2.73 bits per heavy atom. The lowest BCUT2D eigenvalue weighted by molar-refractivity contribution is 0.0692. The van der Waals surface area contributed by atoms with Crippen LogP contribution in [-0.4, -0.2) is 66.5 Å². The average molecular weight is 517 g/mol. The van der Waals surface area contributed by atoms with Gasteiger partial charge in [0.15, 0.2) is 5.82 Å². The van der Waals surface area contributed by atoms with Crippen molar-refractivity contribution in [3.8, 4) is 11.4 Å². The Labute approximate surface area is 218 Å². The Balaban J connectivity index is 1.19. The van der Waals surface area contributed by atoms with E-state index < -0.39 is 0 Å². The second kappa shape index (κ2) is 9.89. The molecule has 4 aromatic rings. The zero-order valence-corrected chi connectivity index (χ0v) is 21.3. The van der Waals surface area contributed by atoms with Crippen molar-refractivity contribution in [2.24, 2.45) is 5.92 Å². The minimum atomic E-state index is -0.139. The predicted molar refractivity (Wildman–Crippen MR) is 141 cm³/mol. The first kappa shape index (κ1) is 23.5. The van der Waals surface area contributed by atoms with E-state index in [1.165, 1.54) is 12.8 Å². The Bertz CT molecular complexity index is 1420. The van der Waals surface area contributed by atoms with E-state index >= 15 is 0 Å². The van der Waals surface area contributed by atoms with Crippen molar-refractivity contribution in [1.29, 1.82) is 0 Å². The van der Waals surface area contributed by atoms with Gasteiger partial charge in [0.25, 0.3) is 11.8 Å². The van der Waals surface area contributed by atoms with Crippen LogP contribution in [0.4, 0.5) is 5.82 Å². The number of piperidine rings is 1. The highest BCUT2D eigenvalue weighted by Crippen LogP contribution is 2.34. The minimum Gasteiger partial charge on any atom is -0.367 e. The normalized spacial score (nSPS) is 17.1. The van der Waals surface area contributed by atoms with E-state index in [0.29, 0.717) is 54.7 Å². The molecule has 4 aromatic heterocycles. The highest BCUT2D eigenvalue weighted by molar-refractivity contribution is 7.16. The first-order chi connectivity index (χ1) is 18.0. The molecule has 2 fully saturated rings. The fourth-order valence-corrected chi connectivity index (χ4v) is 5.53. The lowest BCUT2D eigenvalue weighted by atomic mass is 10.0. The summed E-state index contributed by atoms with van der Waals surface area (Å²) in [5.74, 6) is 1.52. The number of rotatable bonds is 7. The quantitative estimate of drug-likeness (QED) is 0.386. The number of anilines is 1. The number of carbonyl (C=O) groups is 2. The molecule has 2 amide bonds. The number of nitrogens with one attached hydrogen (secondary N) is 2. The highest BCUT2D eigenvalue weighted by Gasteiger charge is 2.30. The molecule has 0 bridgehead atoms. The number of aromatic nitrogens is 5. The largest absolute Gasteiger partial charge is 0.367 e. The Hall–Kier alpha value is -3.86. The fourth-order valence-electron chi connectivity index (χ4n) is 4.73. The van der Waals surface area contributed by atoms with Gasteiger partial charge in [0.05, 0.1) is 17.3 Å². The van der Waals surface area contributed by atoms with Crippen LogP contribution in [0.1, 0.15) is 53.5 Å². The molecule has 0 aromatic carbocycles. The Morgan fingerprint density at radius 2 is 1.97 bits per heavy atom. The fraction of sp³-hybridized carbons (Fsp3) is 0.385. The number of hydrogen-bond acceptors (Lipinski definition) is 8. The van der Waals surface area contributed by atoms with E-state index in [9.17, 15) is 9.59 Å². The second-order valence-corrected chi connectivity index (χ2v) is 10.6. The molecule has 6 rings (SSSR count). The van der Waals surface area contributed by atoms with Gasteiger partial charge >= 0.3 is 0 Å². The number of pyridine rings is 1. The molecular formula is C26H28N8O2S. The van der Waals surface area contributed by atoms with Gasteiger partial charge in [-0.3, -0.25) is 14.6 Å². The van der Waals surface area contributed by atoms with E-state index in [-0.39, 0.29) is 23.9 Å². The molecule has 2 N–H and O–H groups in total. The number of fused-ring (bicyclic) bond motifs is 1. The second-order valence-electron chi connectivity index (χ2n) is 9.73. The average Bonchev–Trinajstić information content (AvgIpc) is 3.55. The molecule has 1 atom stereocenters. The van der Waals surface area contributed by atoms with Crippen LogP contribution in [0, 0.1) is 5.92 Å². The molecule has 1 aliphatic carbocycles. The third-order valence-electron chi connectivity index (χ3n) is 7.06. The topological polar surface area (TPSA) is 117 Å². The number of likely N-dealkylation sites (tertiary alicyclic amines) is 1. The van der Waals surface area contributed by atoms with Crippen LogP contribution in [0.2, 0.25) is 0 Å². The maximum atomic E-state index is 13.6. The lowest BCUT2D eigenvalue weighted by Crippen LogP contribution is -2.46. The van der Waals surface area contributed by atoms with Crippen molar-refractivity contribution < 1.29 is 9.59 Å².